The van der Waals surface area contributed by atoms with Gasteiger partial charge in [0, 0.05) is 9.13 Å². The van der Waals surface area contributed by atoms with Crippen molar-refractivity contribution in [1.29, 1.82) is 0 Å². The predicted octanol–water partition coefficient (Wildman–Crippen LogP) is 4.56. The van der Waals surface area contributed by atoms with E-state index in [-0.39, 0.29) is 12.2 Å². The van der Waals surface area contributed by atoms with Crippen molar-refractivity contribution in [3.63, 3.8) is 0 Å². The molecule has 0 saturated carbocycles. The number of carbonyl (C=O) groups is 1. The van der Waals surface area contributed by atoms with Gasteiger partial charge in [-0.05, 0) is 77.0 Å². The minimum Gasteiger partial charge on any atom is -0.496 e. The van der Waals surface area contributed by atoms with Gasteiger partial charge in [0.25, 0.3) is 5.56 Å². The number of halogens is 1. The summed E-state index contributed by atoms with van der Waals surface area (Å²) < 4.78 is 14.4. The maximum Gasteiger partial charge on any atom is 0.338 e. The Kier molecular flexibility index (Phi) is 6.81. The van der Waals surface area contributed by atoms with Gasteiger partial charge in [0.2, 0.25) is 0 Å². The number of esters is 1. The molecular weight excluding hydrogens is 587 g/mol. The van der Waals surface area contributed by atoms with Crippen molar-refractivity contribution in [2.45, 2.75) is 19.9 Å². The van der Waals surface area contributed by atoms with Crippen molar-refractivity contribution < 1.29 is 14.3 Å². The molecule has 182 valence electrons. The standard InChI is InChI=1S/C28H23IN2O4S/c1-4-35-27(33)23-16(2)30-28-31(26(32)22(36-28)15-17-8-7-10-19(29)14-17)25(23)24-20-11-6-5-9-18(20)12-13-21(24)34-3/h5-15,25H,4H2,1-3H3/b22-15+. The van der Waals surface area contributed by atoms with Gasteiger partial charge in [-0.15, -0.1) is 0 Å². The molecule has 0 bridgehead atoms. The molecule has 36 heavy (non-hydrogen) atoms. The van der Waals surface area contributed by atoms with Crippen LogP contribution in [0.15, 0.2) is 81.7 Å². The van der Waals surface area contributed by atoms with Crippen molar-refractivity contribution in [1.82, 2.24) is 4.57 Å². The van der Waals surface area contributed by atoms with Gasteiger partial charge in [0.05, 0.1) is 29.5 Å². The van der Waals surface area contributed by atoms with Gasteiger partial charge in [-0.25, -0.2) is 9.79 Å². The fourth-order valence-corrected chi connectivity index (χ4v) is 6.16. The second kappa shape index (κ2) is 10.0. The van der Waals surface area contributed by atoms with E-state index >= 15 is 0 Å². The fourth-order valence-electron chi connectivity index (χ4n) is 4.55. The van der Waals surface area contributed by atoms with Gasteiger partial charge in [-0.1, -0.05) is 53.8 Å². The van der Waals surface area contributed by atoms with Gasteiger partial charge in [-0.2, -0.15) is 0 Å². The molecular formula is C28H23IN2O4S. The quantitative estimate of drug-likeness (QED) is 0.246. The van der Waals surface area contributed by atoms with Crippen LogP contribution >= 0.6 is 33.9 Å². The molecule has 0 amide bonds. The third-order valence-corrected chi connectivity index (χ3v) is 7.74. The van der Waals surface area contributed by atoms with E-state index in [1.807, 2.05) is 66.7 Å². The number of hydrogen-bond donors (Lipinski definition) is 0. The van der Waals surface area contributed by atoms with Gasteiger partial charge in [0.15, 0.2) is 4.80 Å². The van der Waals surface area contributed by atoms with Crippen molar-refractivity contribution in [2.75, 3.05) is 13.7 Å². The summed E-state index contributed by atoms with van der Waals surface area (Å²) >= 11 is 3.56. The second-order valence-electron chi connectivity index (χ2n) is 8.26. The molecule has 5 rings (SSSR count). The highest BCUT2D eigenvalue weighted by atomic mass is 127. The van der Waals surface area contributed by atoms with Gasteiger partial charge < -0.3 is 9.47 Å². The highest BCUT2D eigenvalue weighted by Gasteiger charge is 2.36. The van der Waals surface area contributed by atoms with Crippen molar-refractivity contribution >= 4 is 56.7 Å². The van der Waals surface area contributed by atoms with Crippen LogP contribution in [-0.2, 0) is 9.53 Å². The molecule has 0 aliphatic carbocycles. The van der Waals surface area contributed by atoms with Crippen molar-refractivity contribution in [3.8, 4) is 5.75 Å². The SMILES string of the molecule is CCOC(=O)C1=C(C)N=c2s/c(=C/c3cccc(I)c3)c(=O)n2C1c1c(OC)ccc2ccccc12. The van der Waals surface area contributed by atoms with Gasteiger partial charge >= 0.3 is 5.97 Å². The molecule has 1 aromatic heterocycles. The molecule has 8 heteroatoms. The number of ether oxygens (including phenoxy) is 2. The maximum atomic E-state index is 13.9. The van der Waals surface area contributed by atoms with Crippen molar-refractivity contribution in [3.05, 3.63) is 106 Å². The highest BCUT2D eigenvalue weighted by Crippen LogP contribution is 2.40. The number of thiazole rings is 1. The van der Waals surface area contributed by atoms with Crippen LogP contribution in [0.25, 0.3) is 16.8 Å². The first-order chi connectivity index (χ1) is 17.4. The lowest BCUT2D eigenvalue weighted by Gasteiger charge is -2.27. The van der Waals surface area contributed by atoms with Crippen LogP contribution in [-0.4, -0.2) is 24.3 Å². The first-order valence-electron chi connectivity index (χ1n) is 11.4. The van der Waals surface area contributed by atoms with E-state index in [9.17, 15) is 9.59 Å². The first-order valence-corrected chi connectivity index (χ1v) is 13.3. The summed E-state index contributed by atoms with van der Waals surface area (Å²) in [6, 6.07) is 18.9. The summed E-state index contributed by atoms with van der Waals surface area (Å²) in [5.41, 5.74) is 2.30. The summed E-state index contributed by atoms with van der Waals surface area (Å²) in [6.45, 7) is 3.76. The molecule has 4 aromatic rings. The Balaban J connectivity index is 1.86. The third kappa shape index (κ3) is 4.28. The van der Waals surface area contributed by atoms with E-state index < -0.39 is 12.0 Å². The Morgan fingerprint density at radius 1 is 1.17 bits per heavy atom. The molecule has 6 nitrogen and oxygen atoms in total. The average Bonchev–Trinajstić information content (AvgIpc) is 3.16. The normalized spacial score (nSPS) is 15.6. The largest absolute Gasteiger partial charge is 0.496 e. The average molecular weight is 610 g/mol. The number of fused-ring (bicyclic) bond motifs is 2. The van der Waals surface area contributed by atoms with E-state index in [1.165, 1.54) is 11.3 Å². The van der Waals surface area contributed by atoms with E-state index in [0.717, 1.165) is 25.5 Å². The number of aromatic nitrogens is 1. The van der Waals surface area contributed by atoms with Crippen LogP contribution < -0.4 is 19.6 Å². The van der Waals surface area contributed by atoms with Gasteiger partial charge in [-0.3, -0.25) is 9.36 Å². The molecule has 1 atom stereocenters. The number of hydrogen-bond acceptors (Lipinski definition) is 6. The maximum absolute atomic E-state index is 13.9. The molecule has 0 N–H and O–H groups in total. The summed E-state index contributed by atoms with van der Waals surface area (Å²) in [6.07, 6.45) is 1.87. The zero-order chi connectivity index (χ0) is 25.4. The highest BCUT2D eigenvalue weighted by molar-refractivity contribution is 14.1. The van der Waals surface area contributed by atoms with Crippen LogP contribution in [0.1, 0.15) is 31.0 Å². The van der Waals surface area contributed by atoms with E-state index in [4.69, 9.17) is 9.47 Å². The van der Waals surface area contributed by atoms with Crippen LogP contribution in [0.3, 0.4) is 0 Å². The third-order valence-electron chi connectivity index (χ3n) is 6.09. The number of nitrogens with zero attached hydrogens (tertiary/aromatic N) is 2. The summed E-state index contributed by atoms with van der Waals surface area (Å²) in [5.74, 6) is 0.0908. The Morgan fingerprint density at radius 2 is 1.97 bits per heavy atom. The fraction of sp³-hybridized carbons (Fsp3) is 0.179. The lowest BCUT2D eigenvalue weighted by Crippen LogP contribution is -2.40. The molecule has 1 unspecified atom stereocenters. The number of methoxy groups -OCH3 is 1. The molecule has 0 radical (unpaired) electrons. The van der Waals surface area contributed by atoms with Crippen LogP contribution in [0.2, 0.25) is 0 Å². The Bertz CT molecular complexity index is 1720. The molecule has 3 aromatic carbocycles. The van der Waals surface area contributed by atoms with E-state index in [1.54, 1.807) is 25.5 Å². The van der Waals surface area contributed by atoms with E-state index in [0.29, 0.717) is 26.4 Å². The number of benzene rings is 3. The minimum absolute atomic E-state index is 0.214. The molecule has 1 aliphatic rings. The zero-order valence-electron chi connectivity index (χ0n) is 19.9. The molecule has 0 spiro atoms. The Hall–Kier alpha value is -3.24. The van der Waals surface area contributed by atoms with E-state index in [2.05, 4.69) is 27.6 Å². The zero-order valence-corrected chi connectivity index (χ0v) is 22.9. The molecule has 0 fully saturated rings. The lowest BCUT2D eigenvalue weighted by atomic mass is 9.90. The first kappa shape index (κ1) is 24.5. The summed E-state index contributed by atoms with van der Waals surface area (Å²) in [7, 11) is 1.59. The Morgan fingerprint density at radius 3 is 2.72 bits per heavy atom. The van der Waals surface area contributed by atoms with Crippen LogP contribution in [0, 0.1) is 3.57 Å². The van der Waals surface area contributed by atoms with Crippen LogP contribution in [0.4, 0.5) is 0 Å². The van der Waals surface area contributed by atoms with Crippen LogP contribution in [0.5, 0.6) is 5.75 Å². The lowest BCUT2D eigenvalue weighted by molar-refractivity contribution is -0.139. The number of carbonyl (C=O) groups excluding carboxylic acids is 1. The summed E-state index contributed by atoms with van der Waals surface area (Å²) in [5, 5.41) is 1.87. The smallest absolute Gasteiger partial charge is 0.338 e. The molecule has 2 heterocycles. The summed E-state index contributed by atoms with van der Waals surface area (Å²) in [4.78, 5) is 32.4. The Labute approximate surface area is 225 Å². The number of rotatable bonds is 5. The molecule has 0 saturated heterocycles. The van der Waals surface area contributed by atoms with Crippen molar-refractivity contribution in [2.24, 2.45) is 4.99 Å². The predicted molar refractivity (Wildman–Crippen MR) is 150 cm³/mol. The van der Waals surface area contributed by atoms with Gasteiger partial charge in [0.1, 0.15) is 11.8 Å². The second-order valence-corrected chi connectivity index (χ2v) is 10.5. The topological polar surface area (TPSA) is 69.9 Å². The minimum atomic E-state index is -0.751. The number of allylic oxidation sites excluding steroid dienone is 1. The molecule has 1 aliphatic heterocycles. The monoisotopic (exact) mass is 610 g/mol.